The number of ether oxygens (including phenoxy) is 1. The first-order valence-corrected chi connectivity index (χ1v) is 7.03. The number of nitrogens with one attached hydrogen (secondary N) is 2. The summed E-state index contributed by atoms with van der Waals surface area (Å²) >= 11 is 0. The summed E-state index contributed by atoms with van der Waals surface area (Å²) in [4.78, 5) is 23.9. The van der Waals surface area contributed by atoms with E-state index in [0.717, 1.165) is 11.3 Å². The lowest BCUT2D eigenvalue weighted by molar-refractivity contribution is -0.122. The summed E-state index contributed by atoms with van der Waals surface area (Å²) in [7, 11) is 0. The number of carbonyl (C=O) groups is 2. The van der Waals surface area contributed by atoms with Gasteiger partial charge in [0.15, 0.2) is 6.10 Å². The number of aryl methyl sites for hydroxylation is 1. The minimum Gasteiger partial charge on any atom is -0.479 e. The monoisotopic (exact) mass is 296 g/mol. The third-order valence-electron chi connectivity index (χ3n) is 3.57. The molecule has 0 aliphatic carbocycles. The zero-order valence-corrected chi connectivity index (χ0v) is 12.3. The molecule has 1 aliphatic rings. The summed E-state index contributed by atoms with van der Waals surface area (Å²) in [6.07, 6.45) is -0.567. The lowest BCUT2D eigenvalue weighted by Crippen LogP contribution is -2.34. The Labute approximate surface area is 128 Å². The second-order valence-electron chi connectivity index (χ2n) is 5.23. The van der Waals surface area contributed by atoms with Gasteiger partial charge in [-0.15, -0.1) is 0 Å². The number of hydrogen-bond acceptors (Lipinski definition) is 3. The molecule has 5 nitrogen and oxygen atoms in total. The Hall–Kier alpha value is -2.82. The average Bonchev–Trinajstić information content (AvgIpc) is 2.50. The van der Waals surface area contributed by atoms with Crippen molar-refractivity contribution in [2.75, 3.05) is 10.6 Å². The van der Waals surface area contributed by atoms with Gasteiger partial charge >= 0.3 is 0 Å². The standard InChI is InChI=1S/C17H16N2O3/c1-10-5-3-4-6-13(10)18-17(21)12-7-8-14-15(9-12)22-11(2)16(20)19-14/h3-9,11H,1-2H3,(H,18,21)(H,19,20). The maximum absolute atomic E-state index is 12.3. The average molecular weight is 296 g/mol. The van der Waals surface area contributed by atoms with Crippen molar-refractivity contribution in [2.24, 2.45) is 0 Å². The van der Waals surface area contributed by atoms with Gasteiger partial charge in [0.2, 0.25) is 0 Å². The van der Waals surface area contributed by atoms with Gasteiger partial charge in [-0.05, 0) is 43.7 Å². The van der Waals surface area contributed by atoms with E-state index in [1.165, 1.54) is 0 Å². The Kier molecular flexibility index (Phi) is 3.55. The van der Waals surface area contributed by atoms with Crippen LogP contribution in [-0.2, 0) is 4.79 Å². The van der Waals surface area contributed by atoms with Crippen LogP contribution < -0.4 is 15.4 Å². The van der Waals surface area contributed by atoms with Crippen molar-refractivity contribution in [1.29, 1.82) is 0 Å². The molecule has 0 spiro atoms. The number of para-hydroxylation sites is 1. The molecule has 1 heterocycles. The molecule has 2 amide bonds. The minimum atomic E-state index is -0.567. The lowest BCUT2D eigenvalue weighted by atomic mass is 10.1. The van der Waals surface area contributed by atoms with Crippen molar-refractivity contribution >= 4 is 23.2 Å². The molecule has 3 rings (SSSR count). The van der Waals surface area contributed by atoms with Crippen molar-refractivity contribution in [1.82, 2.24) is 0 Å². The van der Waals surface area contributed by atoms with Crippen molar-refractivity contribution < 1.29 is 14.3 Å². The highest BCUT2D eigenvalue weighted by atomic mass is 16.5. The summed E-state index contributed by atoms with van der Waals surface area (Å²) in [6, 6.07) is 12.5. The van der Waals surface area contributed by atoms with Crippen molar-refractivity contribution in [3.63, 3.8) is 0 Å². The van der Waals surface area contributed by atoms with Gasteiger partial charge in [0.1, 0.15) is 5.75 Å². The number of rotatable bonds is 2. The number of anilines is 2. The van der Waals surface area contributed by atoms with Gasteiger partial charge in [-0.1, -0.05) is 18.2 Å². The van der Waals surface area contributed by atoms with Crippen LogP contribution in [0.5, 0.6) is 5.75 Å². The zero-order valence-electron chi connectivity index (χ0n) is 12.3. The maximum atomic E-state index is 12.3. The molecule has 0 saturated carbocycles. The van der Waals surface area contributed by atoms with Crippen LogP contribution in [0, 0.1) is 6.92 Å². The summed E-state index contributed by atoms with van der Waals surface area (Å²) in [6.45, 7) is 3.60. The molecule has 0 bridgehead atoms. The minimum absolute atomic E-state index is 0.190. The Balaban J connectivity index is 1.84. The van der Waals surface area contributed by atoms with E-state index in [0.29, 0.717) is 17.0 Å². The van der Waals surface area contributed by atoms with Gasteiger partial charge in [0, 0.05) is 11.3 Å². The largest absolute Gasteiger partial charge is 0.479 e. The van der Waals surface area contributed by atoms with E-state index in [9.17, 15) is 9.59 Å². The summed E-state index contributed by atoms with van der Waals surface area (Å²) in [5, 5.41) is 5.61. The second kappa shape index (κ2) is 5.52. The molecule has 2 N–H and O–H groups in total. The molecule has 112 valence electrons. The van der Waals surface area contributed by atoms with Crippen LogP contribution >= 0.6 is 0 Å². The van der Waals surface area contributed by atoms with Gasteiger partial charge in [-0.3, -0.25) is 9.59 Å². The van der Waals surface area contributed by atoms with Gasteiger partial charge < -0.3 is 15.4 Å². The fourth-order valence-electron chi connectivity index (χ4n) is 2.25. The Morgan fingerprint density at radius 2 is 2.00 bits per heavy atom. The van der Waals surface area contributed by atoms with Gasteiger partial charge in [0.05, 0.1) is 5.69 Å². The van der Waals surface area contributed by atoms with E-state index in [1.807, 2.05) is 31.2 Å². The van der Waals surface area contributed by atoms with Crippen molar-refractivity contribution in [3.8, 4) is 5.75 Å². The number of benzene rings is 2. The number of fused-ring (bicyclic) bond motifs is 1. The predicted molar refractivity (Wildman–Crippen MR) is 84.3 cm³/mol. The first kappa shape index (κ1) is 14.1. The molecular formula is C17H16N2O3. The fraction of sp³-hybridized carbons (Fsp3) is 0.176. The summed E-state index contributed by atoms with van der Waals surface area (Å²) in [5.74, 6) is 0.0967. The highest BCUT2D eigenvalue weighted by molar-refractivity contribution is 6.06. The zero-order chi connectivity index (χ0) is 15.7. The molecule has 22 heavy (non-hydrogen) atoms. The molecule has 5 heteroatoms. The third kappa shape index (κ3) is 2.65. The van der Waals surface area contributed by atoms with E-state index in [1.54, 1.807) is 25.1 Å². The Bertz CT molecular complexity index is 755. The van der Waals surface area contributed by atoms with Crippen LogP contribution in [-0.4, -0.2) is 17.9 Å². The van der Waals surface area contributed by atoms with E-state index >= 15 is 0 Å². The fourth-order valence-corrected chi connectivity index (χ4v) is 2.25. The topological polar surface area (TPSA) is 67.4 Å². The van der Waals surface area contributed by atoms with Gasteiger partial charge in [0.25, 0.3) is 11.8 Å². The Morgan fingerprint density at radius 3 is 2.77 bits per heavy atom. The first-order valence-electron chi connectivity index (χ1n) is 7.03. The quantitative estimate of drug-likeness (QED) is 0.895. The predicted octanol–water partition coefficient (Wildman–Crippen LogP) is 2.97. The molecule has 2 aromatic rings. The molecule has 0 aromatic heterocycles. The number of amides is 2. The SMILES string of the molecule is Cc1ccccc1NC(=O)c1ccc2c(c1)OC(C)C(=O)N2. The highest BCUT2D eigenvalue weighted by Crippen LogP contribution is 2.30. The third-order valence-corrected chi connectivity index (χ3v) is 3.57. The van der Waals surface area contributed by atoms with E-state index in [4.69, 9.17) is 4.74 Å². The molecule has 1 aliphatic heterocycles. The van der Waals surface area contributed by atoms with E-state index in [2.05, 4.69) is 10.6 Å². The van der Waals surface area contributed by atoms with E-state index in [-0.39, 0.29) is 11.8 Å². The first-order chi connectivity index (χ1) is 10.5. The molecule has 1 atom stereocenters. The highest BCUT2D eigenvalue weighted by Gasteiger charge is 2.24. The van der Waals surface area contributed by atoms with Crippen LogP contribution in [0.1, 0.15) is 22.8 Å². The summed E-state index contributed by atoms with van der Waals surface area (Å²) in [5.41, 5.74) is 2.82. The van der Waals surface area contributed by atoms with Crippen LogP contribution in [0.4, 0.5) is 11.4 Å². The summed E-state index contributed by atoms with van der Waals surface area (Å²) < 4.78 is 5.52. The second-order valence-corrected chi connectivity index (χ2v) is 5.23. The smallest absolute Gasteiger partial charge is 0.265 e. The van der Waals surface area contributed by atoms with Gasteiger partial charge in [-0.2, -0.15) is 0 Å². The number of carbonyl (C=O) groups excluding carboxylic acids is 2. The Morgan fingerprint density at radius 1 is 1.23 bits per heavy atom. The van der Waals surface area contributed by atoms with Gasteiger partial charge in [-0.25, -0.2) is 0 Å². The normalized spacial score (nSPS) is 16.3. The van der Waals surface area contributed by atoms with Crippen molar-refractivity contribution in [2.45, 2.75) is 20.0 Å². The molecule has 2 aromatic carbocycles. The van der Waals surface area contributed by atoms with E-state index < -0.39 is 6.10 Å². The molecule has 0 fully saturated rings. The van der Waals surface area contributed by atoms with Crippen LogP contribution in [0.25, 0.3) is 0 Å². The molecule has 0 radical (unpaired) electrons. The molecular weight excluding hydrogens is 280 g/mol. The van der Waals surface area contributed by atoms with Crippen LogP contribution in [0.2, 0.25) is 0 Å². The molecule has 0 saturated heterocycles. The lowest BCUT2D eigenvalue weighted by Gasteiger charge is -2.23. The number of hydrogen-bond donors (Lipinski definition) is 2. The maximum Gasteiger partial charge on any atom is 0.265 e. The van der Waals surface area contributed by atoms with Crippen molar-refractivity contribution in [3.05, 3.63) is 53.6 Å². The van der Waals surface area contributed by atoms with Crippen LogP contribution in [0.15, 0.2) is 42.5 Å². The molecule has 1 unspecified atom stereocenters. The van der Waals surface area contributed by atoms with Crippen LogP contribution in [0.3, 0.4) is 0 Å².